The second-order valence-corrected chi connectivity index (χ2v) is 7.44. The number of hydrogen-bond donors (Lipinski definition) is 1. The minimum atomic E-state index is 0.352. The lowest BCUT2D eigenvalue weighted by atomic mass is 9.84. The maximum absolute atomic E-state index is 3.64. The maximum Gasteiger partial charge on any atom is 0.0128 e. The third-order valence-electron chi connectivity index (χ3n) is 4.35. The van der Waals surface area contributed by atoms with E-state index in [1.54, 1.807) is 0 Å². The third kappa shape index (κ3) is 6.24. The van der Waals surface area contributed by atoms with Crippen LogP contribution in [-0.2, 0) is 0 Å². The molecule has 1 heterocycles. The van der Waals surface area contributed by atoms with Crippen LogP contribution in [0.25, 0.3) is 0 Å². The summed E-state index contributed by atoms with van der Waals surface area (Å²) in [4.78, 5) is 4.98. The molecule has 0 aromatic carbocycles. The van der Waals surface area contributed by atoms with Crippen molar-refractivity contribution in [3.8, 4) is 0 Å². The summed E-state index contributed by atoms with van der Waals surface area (Å²) in [5, 5.41) is 3.64. The van der Waals surface area contributed by atoms with Crippen LogP contribution in [0.4, 0.5) is 0 Å². The van der Waals surface area contributed by atoms with Gasteiger partial charge in [0, 0.05) is 19.1 Å². The van der Waals surface area contributed by atoms with E-state index in [4.69, 9.17) is 0 Å². The lowest BCUT2D eigenvalue weighted by Crippen LogP contribution is -2.42. The summed E-state index contributed by atoms with van der Waals surface area (Å²) in [5.41, 5.74) is 0.352. The average Bonchev–Trinajstić information content (AvgIpc) is 2.68. The van der Waals surface area contributed by atoms with Gasteiger partial charge in [-0.2, -0.15) is 0 Å². The maximum atomic E-state index is 3.64. The molecular weight excluding hydrogens is 234 g/mol. The van der Waals surface area contributed by atoms with Gasteiger partial charge in [-0.25, -0.2) is 0 Å². The molecule has 0 aliphatic carbocycles. The fraction of sp³-hybridized carbons (Fsp3) is 1.00. The number of hydrogen-bond acceptors (Lipinski definition) is 3. The molecule has 0 radical (unpaired) electrons. The Morgan fingerprint density at radius 3 is 2.53 bits per heavy atom. The van der Waals surface area contributed by atoms with Gasteiger partial charge in [0.15, 0.2) is 0 Å². The van der Waals surface area contributed by atoms with Gasteiger partial charge in [-0.15, -0.1) is 0 Å². The molecule has 1 fully saturated rings. The molecule has 1 aliphatic rings. The van der Waals surface area contributed by atoms with Crippen LogP contribution in [0.5, 0.6) is 0 Å². The summed E-state index contributed by atoms with van der Waals surface area (Å²) in [6, 6.07) is 0.617. The largest absolute Gasteiger partial charge is 0.314 e. The molecule has 3 heteroatoms. The Hall–Kier alpha value is -0.120. The first-order valence-electron chi connectivity index (χ1n) is 7.93. The Kier molecular flexibility index (Phi) is 6.78. The van der Waals surface area contributed by atoms with E-state index in [-0.39, 0.29) is 0 Å². The van der Waals surface area contributed by atoms with Gasteiger partial charge in [-0.1, -0.05) is 27.7 Å². The molecular formula is C16H35N3. The monoisotopic (exact) mass is 269 g/mol. The molecule has 0 aromatic rings. The molecule has 0 spiro atoms. The van der Waals surface area contributed by atoms with E-state index in [2.05, 4.69) is 56.9 Å². The van der Waals surface area contributed by atoms with E-state index in [9.17, 15) is 0 Å². The first-order chi connectivity index (χ1) is 8.82. The normalized spacial score (nSPS) is 23.2. The fourth-order valence-corrected chi connectivity index (χ4v) is 3.14. The van der Waals surface area contributed by atoms with Gasteiger partial charge in [0.2, 0.25) is 0 Å². The molecule has 0 amide bonds. The SMILES string of the molecule is CCNC(CCN(C)CC1CCN(C)C1)C(C)(C)C. The Bertz CT molecular complexity index is 247. The molecule has 0 saturated carbocycles. The van der Waals surface area contributed by atoms with Crippen LogP contribution in [0.15, 0.2) is 0 Å². The summed E-state index contributed by atoms with van der Waals surface area (Å²) >= 11 is 0. The molecule has 3 nitrogen and oxygen atoms in total. The van der Waals surface area contributed by atoms with Gasteiger partial charge in [0.25, 0.3) is 0 Å². The minimum absolute atomic E-state index is 0.352. The zero-order valence-corrected chi connectivity index (χ0v) is 14.0. The Balaban J connectivity index is 2.29. The predicted molar refractivity (Wildman–Crippen MR) is 84.6 cm³/mol. The molecule has 114 valence electrons. The molecule has 1 rings (SSSR count). The van der Waals surface area contributed by atoms with Crippen LogP contribution in [0.3, 0.4) is 0 Å². The van der Waals surface area contributed by atoms with E-state index in [0.29, 0.717) is 11.5 Å². The fourth-order valence-electron chi connectivity index (χ4n) is 3.14. The quantitative estimate of drug-likeness (QED) is 0.765. The number of rotatable bonds is 7. The van der Waals surface area contributed by atoms with Crippen molar-refractivity contribution in [1.82, 2.24) is 15.1 Å². The Labute approximate surface area is 120 Å². The van der Waals surface area contributed by atoms with Crippen molar-refractivity contribution in [3.63, 3.8) is 0 Å². The van der Waals surface area contributed by atoms with E-state index >= 15 is 0 Å². The topological polar surface area (TPSA) is 18.5 Å². The Morgan fingerprint density at radius 2 is 2.05 bits per heavy atom. The van der Waals surface area contributed by atoms with Crippen LogP contribution >= 0.6 is 0 Å². The van der Waals surface area contributed by atoms with Crippen LogP contribution in [-0.4, -0.2) is 62.7 Å². The lowest BCUT2D eigenvalue weighted by Gasteiger charge is -2.33. The summed E-state index contributed by atoms with van der Waals surface area (Å²) in [6.07, 6.45) is 2.62. The van der Waals surface area contributed by atoms with E-state index in [1.807, 2.05) is 0 Å². The van der Waals surface area contributed by atoms with Gasteiger partial charge in [0.05, 0.1) is 0 Å². The van der Waals surface area contributed by atoms with Crippen LogP contribution in [0.2, 0.25) is 0 Å². The van der Waals surface area contributed by atoms with Crippen molar-refractivity contribution < 1.29 is 0 Å². The van der Waals surface area contributed by atoms with E-state index < -0.39 is 0 Å². The second kappa shape index (κ2) is 7.61. The summed E-state index contributed by atoms with van der Waals surface area (Å²) in [6.45, 7) is 15.3. The molecule has 1 N–H and O–H groups in total. The molecule has 19 heavy (non-hydrogen) atoms. The highest BCUT2D eigenvalue weighted by Gasteiger charge is 2.25. The zero-order chi connectivity index (χ0) is 14.5. The van der Waals surface area contributed by atoms with Crippen LogP contribution < -0.4 is 5.32 Å². The smallest absolute Gasteiger partial charge is 0.0128 e. The Morgan fingerprint density at radius 1 is 1.37 bits per heavy atom. The second-order valence-electron chi connectivity index (χ2n) is 7.44. The first kappa shape index (κ1) is 16.9. The highest BCUT2D eigenvalue weighted by Crippen LogP contribution is 2.22. The zero-order valence-electron chi connectivity index (χ0n) is 14.0. The van der Waals surface area contributed by atoms with Crippen molar-refractivity contribution in [2.45, 2.75) is 46.6 Å². The summed E-state index contributed by atoms with van der Waals surface area (Å²) < 4.78 is 0. The number of nitrogens with one attached hydrogen (secondary N) is 1. The van der Waals surface area contributed by atoms with Crippen LogP contribution in [0, 0.1) is 11.3 Å². The number of nitrogens with zero attached hydrogens (tertiary/aromatic N) is 2. The van der Waals surface area contributed by atoms with E-state index in [1.165, 1.54) is 39.0 Å². The van der Waals surface area contributed by atoms with Crippen molar-refractivity contribution in [1.29, 1.82) is 0 Å². The van der Waals surface area contributed by atoms with Crippen molar-refractivity contribution in [2.24, 2.45) is 11.3 Å². The van der Waals surface area contributed by atoms with Gasteiger partial charge >= 0.3 is 0 Å². The highest BCUT2D eigenvalue weighted by atomic mass is 15.1. The highest BCUT2D eigenvalue weighted by molar-refractivity contribution is 4.82. The molecule has 0 bridgehead atoms. The molecule has 2 unspecified atom stereocenters. The van der Waals surface area contributed by atoms with Gasteiger partial charge < -0.3 is 15.1 Å². The lowest BCUT2D eigenvalue weighted by molar-refractivity contribution is 0.210. The van der Waals surface area contributed by atoms with Crippen molar-refractivity contribution in [3.05, 3.63) is 0 Å². The third-order valence-corrected chi connectivity index (χ3v) is 4.35. The van der Waals surface area contributed by atoms with Gasteiger partial charge in [-0.05, 0) is 57.9 Å². The van der Waals surface area contributed by atoms with Gasteiger partial charge in [-0.3, -0.25) is 0 Å². The predicted octanol–water partition coefficient (Wildman–Crippen LogP) is 2.28. The minimum Gasteiger partial charge on any atom is -0.314 e. The van der Waals surface area contributed by atoms with E-state index in [0.717, 1.165) is 12.5 Å². The molecule has 0 aromatic heterocycles. The molecule has 1 saturated heterocycles. The van der Waals surface area contributed by atoms with Gasteiger partial charge in [0.1, 0.15) is 0 Å². The average molecular weight is 269 g/mol. The molecule has 2 atom stereocenters. The molecule has 1 aliphatic heterocycles. The van der Waals surface area contributed by atoms with Crippen molar-refractivity contribution >= 4 is 0 Å². The number of likely N-dealkylation sites (tertiary alicyclic amines) is 1. The first-order valence-corrected chi connectivity index (χ1v) is 7.93. The summed E-state index contributed by atoms with van der Waals surface area (Å²) in [5.74, 6) is 0.877. The standard InChI is InChI=1S/C16H35N3/c1-7-17-15(16(2,3)4)9-11-19(6)13-14-8-10-18(5)12-14/h14-15,17H,7-13H2,1-6H3. The van der Waals surface area contributed by atoms with Crippen LogP contribution in [0.1, 0.15) is 40.5 Å². The van der Waals surface area contributed by atoms with Crippen molar-refractivity contribution in [2.75, 3.05) is 46.8 Å². The summed E-state index contributed by atoms with van der Waals surface area (Å²) in [7, 11) is 4.52.